The third kappa shape index (κ3) is 4.87. The zero-order chi connectivity index (χ0) is 23.6. The molecule has 32 heavy (non-hydrogen) atoms. The zero-order valence-electron chi connectivity index (χ0n) is 18.1. The van der Waals surface area contributed by atoms with Gasteiger partial charge < -0.3 is 10.1 Å². The van der Waals surface area contributed by atoms with Crippen molar-refractivity contribution in [3.8, 4) is 0 Å². The monoisotopic (exact) mass is 448 g/mol. The Labute approximate surface area is 184 Å². The van der Waals surface area contributed by atoms with Crippen LogP contribution in [0.4, 0.5) is 14.5 Å². The van der Waals surface area contributed by atoms with Gasteiger partial charge in [-0.25, -0.2) is 13.6 Å². The van der Waals surface area contributed by atoms with E-state index >= 15 is 0 Å². The number of carbonyl (C=O) groups is 4. The normalized spacial score (nSPS) is 22.0. The number of fused-ring (bicyclic) bond motifs is 1. The molecule has 1 N–H and O–H groups in total. The van der Waals surface area contributed by atoms with Crippen molar-refractivity contribution in [2.24, 2.45) is 17.8 Å². The van der Waals surface area contributed by atoms with Crippen LogP contribution in [0.3, 0.4) is 0 Å². The van der Waals surface area contributed by atoms with Crippen LogP contribution in [0.5, 0.6) is 0 Å². The molecule has 0 spiro atoms. The Kier molecular flexibility index (Phi) is 7.06. The molecule has 3 rings (SSSR count). The average molecular weight is 448 g/mol. The van der Waals surface area contributed by atoms with Crippen LogP contribution in [-0.2, 0) is 23.9 Å². The highest BCUT2D eigenvalue weighted by Gasteiger charge is 2.51. The van der Waals surface area contributed by atoms with Crippen molar-refractivity contribution in [1.29, 1.82) is 0 Å². The van der Waals surface area contributed by atoms with Crippen molar-refractivity contribution in [3.05, 3.63) is 42.0 Å². The van der Waals surface area contributed by atoms with Gasteiger partial charge in [-0.15, -0.1) is 0 Å². The summed E-state index contributed by atoms with van der Waals surface area (Å²) in [5, 5.41) is 2.18. The molecule has 4 atom stereocenters. The van der Waals surface area contributed by atoms with E-state index in [2.05, 4.69) is 5.32 Å². The molecule has 172 valence electrons. The number of esters is 1. The number of allylic oxidation sites excluding steroid dienone is 2. The standard InChI is InChI=1S/C23H26F2N2O5/c1-12(2)10-19(27-21(29)15-6-4-5-7-16(15)22(27)30)23(31)32-13(3)20(28)26-18-11-14(24)8-9-17(18)25/h4-5,8-9,11-13,15-16,19H,6-7,10H2,1-3H3,(H,26,28). The van der Waals surface area contributed by atoms with E-state index in [4.69, 9.17) is 4.74 Å². The summed E-state index contributed by atoms with van der Waals surface area (Å²) in [6.45, 7) is 4.94. The maximum absolute atomic E-state index is 13.8. The highest BCUT2D eigenvalue weighted by molar-refractivity contribution is 6.08. The molecule has 1 saturated heterocycles. The second-order valence-corrected chi connectivity index (χ2v) is 8.54. The first-order valence-electron chi connectivity index (χ1n) is 10.6. The number of ether oxygens (including phenoxy) is 1. The molecule has 1 heterocycles. The lowest BCUT2D eigenvalue weighted by Crippen LogP contribution is -2.48. The molecule has 0 radical (unpaired) electrons. The molecule has 7 nitrogen and oxygen atoms in total. The van der Waals surface area contributed by atoms with E-state index in [-0.39, 0.29) is 12.3 Å². The Hall–Kier alpha value is -3.10. The molecule has 0 saturated carbocycles. The SMILES string of the molecule is CC(C)CC(C(=O)OC(C)C(=O)Nc1cc(F)ccc1F)N1C(=O)C2CC=CCC2C1=O. The number of rotatable bonds is 7. The van der Waals surface area contributed by atoms with Crippen LogP contribution in [0.1, 0.15) is 40.0 Å². The minimum atomic E-state index is -1.36. The van der Waals surface area contributed by atoms with Crippen LogP contribution >= 0.6 is 0 Å². The van der Waals surface area contributed by atoms with Gasteiger partial charge in [-0.3, -0.25) is 19.3 Å². The van der Waals surface area contributed by atoms with E-state index in [9.17, 15) is 28.0 Å². The first-order chi connectivity index (χ1) is 15.1. The molecular weight excluding hydrogens is 422 g/mol. The van der Waals surface area contributed by atoms with Gasteiger partial charge in [0.2, 0.25) is 11.8 Å². The van der Waals surface area contributed by atoms with Crippen molar-refractivity contribution in [3.63, 3.8) is 0 Å². The number of hydrogen-bond acceptors (Lipinski definition) is 5. The molecule has 9 heteroatoms. The molecule has 2 aliphatic rings. The molecule has 4 unspecified atom stereocenters. The zero-order valence-corrected chi connectivity index (χ0v) is 18.1. The fourth-order valence-corrected chi connectivity index (χ4v) is 4.02. The number of halogens is 2. The summed E-state index contributed by atoms with van der Waals surface area (Å²) in [6, 6.07) is 1.41. The number of amides is 3. The average Bonchev–Trinajstić information content (AvgIpc) is 2.99. The van der Waals surface area contributed by atoms with E-state index in [0.717, 1.165) is 23.1 Å². The lowest BCUT2D eigenvalue weighted by atomic mass is 9.85. The number of likely N-dealkylation sites (tertiary alicyclic amines) is 1. The maximum Gasteiger partial charge on any atom is 0.330 e. The van der Waals surface area contributed by atoms with E-state index in [0.29, 0.717) is 12.8 Å². The summed E-state index contributed by atoms with van der Waals surface area (Å²) >= 11 is 0. The van der Waals surface area contributed by atoms with Crippen molar-refractivity contribution < 1.29 is 32.7 Å². The number of nitrogens with one attached hydrogen (secondary N) is 1. The maximum atomic E-state index is 13.8. The molecular formula is C23H26F2N2O5. The fourth-order valence-electron chi connectivity index (χ4n) is 4.02. The summed E-state index contributed by atoms with van der Waals surface area (Å²) in [5.74, 6) is -5.21. The Balaban J connectivity index is 1.73. The molecule has 1 aliphatic carbocycles. The van der Waals surface area contributed by atoms with Crippen LogP contribution in [0, 0.1) is 29.4 Å². The fraction of sp³-hybridized carbons (Fsp3) is 0.478. The Morgan fingerprint density at radius 1 is 1.09 bits per heavy atom. The predicted octanol–water partition coefficient (Wildman–Crippen LogP) is 3.20. The molecule has 1 aromatic rings. The molecule has 1 fully saturated rings. The largest absolute Gasteiger partial charge is 0.451 e. The van der Waals surface area contributed by atoms with Gasteiger partial charge >= 0.3 is 5.97 Å². The first-order valence-corrected chi connectivity index (χ1v) is 10.6. The first kappa shape index (κ1) is 23.6. The minimum absolute atomic E-state index is 0.0422. The molecule has 1 aromatic carbocycles. The third-order valence-corrected chi connectivity index (χ3v) is 5.67. The summed E-state index contributed by atoms with van der Waals surface area (Å²) in [5.41, 5.74) is -0.391. The van der Waals surface area contributed by atoms with Crippen LogP contribution in [0.2, 0.25) is 0 Å². The van der Waals surface area contributed by atoms with Gasteiger partial charge in [0.1, 0.15) is 17.7 Å². The van der Waals surface area contributed by atoms with E-state index < -0.39 is 65.0 Å². The highest BCUT2D eigenvalue weighted by Crippen LogP contribution is 2.37. The Morgan fingerprint density at radius 2 is 1.69 bits per heavy atom. The minimum Gasteiger partial charge on any atom is -0.451 e. The number of nitrogens with zero attached hydrogens (tertiary/aromatic N) is 1. The number of imide groups is 1. The van der Waals surface area contributed by atoms with Gasteiger partial charge in [0.05, 0.1) is 17.5 Å². The number of carbonyl (C=O) groups excluding carboxylic acids is 4. The molecule has 1 aliphatic heterocycles. The van der Waals surface area contributed by atoms with Gasteiger partial charge in [-0.05, 0) is 44.2 Å². The van der Waals surface area contributed by atoms with Gasteiger partial charge in [0.25, 0.3) is 5.91 Å². The Bertz CT molecular complexity index is 936. The van der Waals surface area contributed by atoms with Gasteiger partial charge in [-0.1, -0.05) is 26.0 Å². The third-order valence-electron chi connectivity index (χ3n) is 5.67. The highest BCUT2D eigenvalue weighted by atomic mass is 19.1. The van der Waals surface area contributed by atoms with Crippen molar-refractivity contribution in [1.82, 2.24) is 4.90 Å². The molecule has 0 aromatic heterocycles. The molecule has 0 bridgehead atoms. The number of hydrogen-bond donors (Lipinski definition) is 1. The molecule has 3 amide bonds. The van der Waals surface area contributed by atoms with Crippen molar-refractivity contribution >= 4 is 29.4 Å². The van der Waals surface area contributed by atoms with Gasteiger partial charge in [0, 0.05) is 6.07 Å². The lowest BCUT2D eigenvalue weighted by molar-refractivity contribution is -0.164. The second kappa shape index (κ2) is 9.58. The van der Waals surface area contributed by atoms with E-state index in [1.54, 1.807) is 0 Å². The van der Waals surface area contributed by atoms with Crippen molar-refractivity contribution in [2.75, 3.05) is 5.32 Å². The van der Waals surface area contributed by atoms with Crippen LogP contribution in [-0.4, -0.2) is 40.7 Å². The van der Waals surface area contributed by atoms with E-state index in [1.165, 1.54) is 6.92 Å². The number of anilines is 1. The summed E-state index contributed by atoms with van der Waals surface area (Å²) in [7, 11) is 0. The van der Waals surface area contributed by atoms with Crippen LogP contribution < -0.4 is 5.32 Å². The van der Waals surface area contributed by atoms with Crippen LogP contribution in [0.25, 0.3) is 0 Å². The summed E-state index contributed by atoms with van der Waals surface area (Å²) in [6.07, 6.45) is 3.39. The number of benzene rings is 1. The summed E-state index contributed by atoms with van der Waals surface area (Å²) < 4.78 is 32.4. The van der Waals surface area contributed by atoms with Crippen molar-refractivity contribution in [2.45, 2.75) is 52.2 Å². The Morgan fingerprint density at radius 3 is 2.25 bits per heavy atom. The van der Waals surface area contributed by atoms with Gasteiger partial charge in [-0.2, -0.15) is 0 Å². The van der Waals surface area contributed by atoms with E-state index in [1.807, 2.05) is 26.0 Å². The van der Waals surface area contributed by atoms with Crippen LogP contribution in [0.15, 0.2) is 30.4 Å². The van der Waals surface area contributed by atoms with Gasteiger partial charge in [0.15, 0.2) is 6.10 Å². The second-order valence-electron chi connectivity index (χ2n) is 8.54. The summed E-state index contributed by atoms with van der Waals surface area (Å²) in [4.78, 5) is 52.1. The predicted molar refractivity (Wildman–Crippen MR) is 111 cm³/mol. The lowest BCUT2D eigenvalue weighted by Gasteiger charge is -2.27. The quantitative estimate of drug-likeness (QED) is 0.393. The smallest absolute Gasteiger partial charge is 0.330 e. The topological polar surface area (TPSA) is 92.8 Å².